The van der Waals surface area contributed by atoms with Crippen LogP contribution in [0.5, 0.6) is 11.5 Å². The highest BCUT2D eigenvalue weighted by atomic mass is 35.5. The van der Waals surface area contributed by atoms with Crippen LogP contribution in [0, 0.1) is 0 Å². The molecule has 0 aliphatic rings. The Hall–Kier alpha value is -2.01. The molecule has 0 unspecified atom stereocenters. The molecule has 2 rings (SSSR count). The van der Waals surface area contributed by atoms with Gasteiger partial charge in [0.1, 0.15) is 5.75 Å². The number of esters is 2. The molecule has 0 saturated carbocycles. The second-order valence-corrected chi connectivity index (χ2v) is 5.43. The Bertz CT molecular complexity index is 751. The van der Waals surface area contributed by atoms with Gasteiger partial charge in [0.2, 0.25) is 0 Å². The number of benzene rings is 2. The monoisotopic (exact) mass is 370 g/mol. The highest BCUT2D eigenvalue weighted by molar-refractivity contribution is 6.37. The highest BCUT2D eigenvalue weighted by Crippen LogP contribution is 2.32. The van der Waals surface area contributed by atoms with Gasteiger partial charge in [-0.3, -0.25) is 0 Å². The lowest BCUT2D eigenvalue weighted by Gasteiger charge is -2.05. The average Bonchev–Trinajstić information content (AvgIpc) is 2.49. The zero-order valence-corrected chi connectivity index (χ0v) is 13.7. The van der Waals surface area contributed by atoms with Crippen LogP contribution < -0.4 is 9.47 Å². The molecule has 2 aromatic carbocycles. The molecule has 0 bridgehead atoms. The number of hydrogen-bond acceptors (Lipinski definition) is 4. The van der Waals surface area contributed by atoms with E-state index in [2.05, 4.69) is 0 Å². The largest absolute Gasteiger partial charge is 0.423 e. The van der Waals surface area contributed by atoms with Crippen LogP contribution in [0.2, 0.25) is 15.1 Å². The van der Waals surface area contributed by atoms with E-state index in [0.717, 1.165) is 12.2 Å². The summed E-state index contributed by atoms with van der Waals surface area (Å²) >= 11 is 17.5. The van der Waals surface area contributed by atoms with E-state index < -0.39 is 11.9 Å². The third kappa shape index (κ3) is 5.28. The quantitative estimate of drug-likeness (QED) is 0.443. The van der Waals surface area contributed by atoms with E-state index >= 15 is 0 Å². The van der Waals surface area contributed by atoms with Gasteiger partial charge < -0.3 is 9.47 Å². The minimum Gasteiger partial charge on any atom is -0.423 e. The first-order valence-electron chi connectivity index (χ1n) is 6.27. The van der Waals surface area contributed by atoms with E-state index in [9.17, 15) is 9.59 Å². The molecule has 0 radical (unpaired) electrons. The van der Waals surface area contributed by atoms with E-state index in [1.165, 1.54) is 18.2 Å². The Morgan fingerprint density at radius 3 is 2.00 bits per heavy atom. The maximum atomic E-state index is 11.7. The number of hydrogen-bond donors (Lipinski definition) is 0. The normalized spacial score (nSPS) is 10.6. The van der Waals surface area contributed by atoms with Gasteiger partial charge in [0.05, 0.1) is 10.0 Å². The van der Waals surface area contributed by atoms with Crippen molar-refractivity contribution in [3.8, 4) is 11.5 Å². The molecular formula is C16H9Cl3O4. The van der Waals surface area contributed by atoms with Crippen LogP contribution in [-0.2, 0) is 9.59 Å². The minimum atomic E-state index is -0.817. The summed E-state index contributed by atoms with van der Waals surface area (Å²) < 4.78 is 9.95. The van der Waals surface area contributed by atoms with Gasteiger partial charge in [-0.1, -0.05) is 46.9 Å². The minimum absolute atomic E-state index is 0.0219. The van der Waals surface area contributed by atoms with Crippen molar-refractivity contribution in [2.24, 2.45) is 0 Å². The smallest absolute Gasteiger partial charge is 0.336 e. The molecule has 0 N–H and O–H groups in total. The second kappa shape index (κ2) is 8.02. The fourth-order valence-corrected chi connectivity index (χ4v) is 2.19. The summed E-state index contributed by atoms with van der Waals surface area (Å²) in [6.45, 7) is 0. The molecule has 23 heavy (non-hydrogen) atoms. The number of para-hydroxylation sites is 1. The van der Waals surface area contributed by atoms with Crippen molar-refractivity contribution in [3.63, 3.8) is 0 Å². The predicted octanol–water partition coefficient (Wildman–Crippen LogP) is 4.71. The number of rotatable bonds is 4. The van der Waals surface area contributed by atoms with Crippen molar-refractivity contribution in [1.82, 2.24) is 0 Å². The van der Waals surface area contributed by atoms with Gasteiger partial charge in [0.25, 0.3) is 0 Å². The summed E-state index contributed by atoms with van der Waals surface area (Å²) in [5.74, 6) is -1.29. The number of ether oxygens (including phenoxy) is 2. The molecule has 0 saturated heterocycles. The highest BCUT2D eigenvalue weighted by Gasteiger charge is 2.10. The Morgan fingerprint density at radius 1 is 0.826 bits per heavy atom. The molecule has 0 aliphatic carbocycles. The van der Waals surface area contributed by atoms with Crippen molar-refractivity contribution in [3.05, 3.63) is 69.7 Å². The third-order valence-corrected chi connectivity index (χ3v) is 3.32. The summed E-state index contributed by atoms with van der Waals surface area (Å²) in [5, 5.41) is 0.786. The van der Waals surface area contributed by atoms with E-state index in [1.807, 2.05) is 0 Å². The van der Waals surface area contributed by atoms with Crippen molar-refractivity contribution >= 4 is 46.7 Å². The molecule has 118 valence electrons. The van der Waals surface area contributed by atoms with Crippen LogP contribution in [0.15, 0.2) is 54.6 Å². The Morgan fingerprint density at radius 2 is 1.39 bits per heavy atom. The zero-order valence-electron chi connectivity index (χ0n) is 11.5. The average molecular weight is 372 g/mol. The first-order chi connectivity index (χ1) is 11.0. The number of carbonyl (C=O) groups excluding carboxylic acids is 2. The molecule has 4 nitrogen and oxygen atoms in total. The zero-order chi connectivity index (χ0) is 16.8. The maximum Gasteiger partial charge on any atom is 0.336 e. The van der Waals surface area contributed by atoms with Crippen LogP contribution in [0.1, 0.15) is 0 Å². The Balaban J connectivity index is 1.97. The Kier molecular flexibility index (Phi) is 6.04. The first-order valence-corrected chi connectivity index (χ1v) is 7.40. The molecule has 7 heteroatoms. The van der Waals surface area contributed by atoms with Crippen molar-refractivity contribution in [2.45, 2.75) is 0 Å². The first kappa shape index (κ1) is 17.3. The maximum absolute atomic E-state index is 11.7. The van der Waals surface area contributed by atoms with Crippen LogP contribution >= 0.6 is 34.8 Å². The SMILES string of the molecule is O=C(/C=C/C(=O)Oc1c(Cl)cccc1Cl)Oc1cccc(Cl)c1. The summed E-state index contributed by atoms with van der Waals surface area (Å²) in [6.07, 6.45) is 1.83. The summed E-state index contributed by atoms with van der Waals surface area (Å²) in [4.78, 5) is 23.3. The number of carbonyl (C=O) groups is 2. The van der Waals surface area contributed by atoms with E-state index in [-0.39, 0.29) is 21.5 Å². The van der Waals surface area contributed by atoms with Gasteiger partial charge in [-0.2, -0.15) is 0 Å². The molecule has 0 aliphatic heterocycles. The molecule has 0 aromatic heterocycles. The van der Waals surface area contributed by atoms with Crippen LogP contribution in [0.4, 0.5) is 0 Å². The molecule has 0 amide bonds. The van der Waals surface area contributed by atoms with E-state index in [0.29, 0.717) is 5.02 Å². The van der Waals surface area contributed by atoms with Crippen LogP contribution in [0.25, 0.3) is 0 Å². The summed E-state index contributed by atoms with van der Waals surface area (Å²) in [7, 11) is 0. The summed E-state index contributed by atoms with van der Waals surface area (Å²) in [6, 6.07) is 10.9. The van der Waals surface area contributed by atoms with Crippen molar-refractivity contribution in [2.75, 3.05) is 0 Å². The topological polar surface area (TPSA) is 52.6 Å². The van der Waals surface area contributed by atoms with E-state index in [1.54, 1.807) is 24.3 Å². The van der Waals surface area contributed by atoms with E-state index in [4.69, 9.17) is 44.3 Å². The van der Waals surface area contributed by atoms with Gasteiger partial charge in [0.15, 0.2) is 5.75 Å². The van der Waals surface area contributed by atoms with Crippen molar-refractivity contribution in [1.29, 1.82) is 0 Å². The molecule has 0 spiro atoms. The fourth-order valence-electron chi connectivity index (χ4n) is 1.53. The van der Waals surface area contributed by atoms with Gasteiger partial charge >= 0.3 is 11.9 Å². The number of halogens is 3. The van der Waals surface area contributed by atoms with Crippen LogP contribution in [0.3, 0.4) is 0 Å². The van der Waals surface area contributed by atoms with Gasteiger partial charge in [0, 0.05) is 17.2 Å². The second-order valence-electron chi connectivity index (χ2n) is 4.18. The predicted molar refractivity (Wildman–Crippen MR) is 88.3 cm³/mol. The lowest BCUT2D eigenvalue weighted by atomic mass is 10.3. The lowest BCUT2D eigenvalue weighted by molar-refractivity contribution is -0.131. The fraction of sp³-hybridized carbons (Fsp3) is 0. The third-order valence-electron chi connectivity index (χ3n) is 2.49. The molecular weight excluding hydrogens is 363 g/mol. The van der Waals surface area contributed by atoms with Gasteiger partial charge in [-0.15, -0.1) is 0 Å². The molecule has 2 aromatic rings. The Labute approximate surface area is 147 Å². The standard InChI is InChI=1S/C16H9Cl3O4/c17-10-3-1-4-11(9-10)22-14(20)7-8-15(21)23-16-12(18)5-2-6-13(16)19/h1-9H/b8-7+. The van der Waals surface area contributed by atoms with Crippen molar-refractivity contribution < 1.29 is 19.1 Å². The molecule has 0 atom stereocenters. The molecule has 0 fully saturated rings. The molecule has 0 heterocycles. The van der Waals surface area contributed by atoms with Crippen LogP contribution in [-0.4, -0.2) is 11.9 Å². The van der Waals surface area contributed by atoms with Gasteiger partial charge in [-0.25, -0.2) is 9.59 Å². The summed E-state index contributed by atoms with van der Waals surface area (Å²) in [5.41, 5.74) is 0. The van der Waals surface area contributed by atoms with Gasteiger partial charge in [-0.05, 0) is 30.3 Å². The lowest BCUT2D eigenvalue weighted by Crippen LogP contribution is -2.08.